The van der Waals surface area contributed by atoms with Gasteiger partial charge in [0.1, 0.15) is 0 Å². The fraction of sp³-hybridized carbons (Fsp3) is 0.0323. The van der Waals surface area contributed by atoms with Crippen molar-refractivity contribution in [2.75, 3.05) is 4.90 Å². The number of hydrogen-bond acceptors (Lipinski definition) is 2. The van der Waals surface area contributed by atoms with Gasteiger partial charge in [-0.25, -0.2) is 0 Å². The van der Waals surface area contributed by atoms with Gasteiger partial charge in [0.15, 0.2) is 0 Å². The first-order valence-corrected chi connectivity index (χ1v) is 12.0. The first-order chi connectivity index (χ1) is 16.3. The van der Waals surface area contributed by atoms with Crippen LogP contribution in [0.5, 0.6) is 0 Å². The van der Waals surface area contributed by atoms with E-state index >= 15 is 0 Å². The largest absolute Gasteiger partial charge is 0.310 e. The summed E-state index contributed by atoms with van der Waals surface area (Å²) >= 11 is 1.86. The molecule has 0 spiro atoms. The summed E-state index contributed by atoms with van der Waals surface area (Å²) in [6.45, 7) is 2.12. The van der Waals surface area contributed by atoms with E-state index in [0.717, 1.165) is 11.4 Å². The van der Waals surface area contributed by atoms with Crippen LogP contribution < -0.4 is 4.90 Å². The molecular formula is C31H23NS. The third kappa shape index (κ3) is 3.69. The third-order valence-electron chi connectivity index (χ3n) is 6.14. The molecule has 1 aromatic heterocycles. The number of benzene rings is 5. The van der Waals surface area contributed by atoms with Crippen LogP contribution in [0.3, 0.4) is 0 Å². The lowest BCUT2D eigenvalue weighted by Gasteiger charge is -2.25. The maximum Gasteiger partial charge on any atom is 0.0468 e. The molecule has 0 aliphatic carbocycles. The molecule has 33 heavy (non-hydrogen) atoms. The molecule has 0 unspecified atom stereocenters. The SMILES string of the molecule is Cc1ccc(-c2ccc(N(c3ccccc3)c3ccc4sc5ccccc5c4c3)cc2)cc1. The summed E-state index contributed by atoms with van der Waals surface area (Å²) in [7, 11) is 0. The lowest BCUT2D eigenvalue weighted by Crippen LogP contribution is -2.09. The van der Waals surface area contributed by atoms with Crippen LogP contribution in [-0.2, 0) is 0 Å². The Balaban J connectivity index is 1.47. The van der Waals surface area contributed by atoms with Gasteiger partial charge in [-0.05, 0) is 66.6 Å². The number of para-hydroxylation sites is 1. The summed E-state index contributed by atoms with van der Waals surface area (Å²) in [5, 5.41) is 2.63. The van der Waals surface area contributed by atoms with E-state index in [0.29, 0.717) is 0 Å². The number of hydrogen-bond donors (Lipinski definition) is 0. The van der Waals surface area contributed by atoms with Gasteiger partial charge in [0.05, 0.1) is 0 Å². The fourth-order valence-corrected chi connectivity index (χ4v) is 5.51. The highest BCUT2D eigenvalue weighted by molar-refractivity contribution is 7.25. The van der Waals surface area contributed by atoms with Crippen molar-refractivity contribution in [2.45, 2.75) is 6.92 Å². The highest BCUT2D eigenvalue weighted by atomic mass is 32.1. The van der Waals surface area contributed by atoms with Crippen LogP contribution in [0.1, 0.15) is 5.56 Å². The normalized spacial score (nSPS) is 11.2. The number of aryl methyl sites for hydroxylation is 1. The van der Waals surface area contributed by atoms with Gasteiger partial charge in [-0.15, -0.1) is 11.3 Å². The van der Waals surface area contributed by atoms with Crippen LogP contribution in [-0.4, -0.2) is 0 Å². The molecule has 0 bridgehead atoms. The molecule has 0 aliphatic rings. The van der Waals surface area contributed by atoms with Crippen molar-refractivity contribution in [3.63, 3.8) is 0 Å². The summed E-state index contributed by atoms with van der Waals surface area (Å²) in [5.41, 5.74) is 7.22. The summed E-state index contributed by atoms with van der Waals surface area (Å²) in [6, 6.07) is 43.7. The van der Waals surface area contributed by atoms with Gasteiger partial charge >= 0.3 is 0 Å². The summed E-state index contributed by atoms with van der Waals surface area (Å²) in [5.74, 6) is 0. The monoisotopic (exact) mass is 441 g/mol. The zero-order chi connectivity index (χ0) is 22.2. The van der Waals surface area contributed by atoms with Crippen molar-refractivity contribution in [3.05, 3.63) is 127 Å². The molecule has 0 atom stereocenters. The Labute approximate surface area is 198 Å². The predicted molar refractivity (Wildman–Crippen MR) is 144 cm³/mol. The van der Waals surface area contributed by atoms with E-state index in [9.17, 15) is 0 Å². The zero-order valence-electron chi connectivity index (χ0n) is 18.4. The van der Waals surface area contributed by atoms with Gasteiger partial charge in [0.25, 0.3) is 0 Å². The average Bonchev–Trinajstić information content (AvgIpc) is 3.24. The van der Waals surface area contributed by atoms with Gasteiger partial charge in [-0.1, -0.05) is 78.4 Å². The number of nitrogens with zero attached hydrogens (tertiary/aromatic N) is 1. The van der Waals surface area contributed by atoms with Crippen molar-refractivity contribution >= 4 is 48.6 Å². The second-order valence-corrected chi connectivity index (χ2v) is 9.45. The Kier molecular flexibility index (Phi) is 4.93. The molecule has 1 nitrogen and oxygen atoms in total. The number of thiophene rings is 1. The molecule has 5 aromatic carbocycles. The molecule has 158 valence electrons. The topological polar surface area (TPSA) is 3.24 Å². The molecule has 1 heterocycles. The van der Waals surface area contributed by atoms with Gasteiger partial charge in [0.2, 0.25) is 0 Å². The van der Waals surface area contributed by atoms with E-state index in [2.05, 4.69) is 133 Å². The second kappa shape index (κ2) is 8.23. The maximum absolute atomic E-state index is 2.34. The number of rotatable bonds is 4. The van der Waals surface area contributed by atoms with Crippen LogP contribution in [0, 0.1) is 6.92 Å². The van der Waals surface area contributed by atoms with Gasteiger partial charge in [-0.2, -0.15) is 0 Å². The smallest absolute Gasteiger partial charge is 0.0468 e. The Morgan fingerprint density at radius 1 is 0.485 bits per heavy atom. The molecule has 6 rings (SSSR count). The second-order valence-electron chi connectivity index (χ2n) is 8.36. The van der Waals surface area contributed by atoms with Gasteiger partial charge in [0, 0.05) is 37.2 Å². The van der Waals surface area contributed by atoms with Crippen LogP contribution in [0.25, 0.3) is 31.3 Å². The van der Waals surface area contributed by atoms with E-state index in [1.54, 1.807) is 0 Å². The summed E-state index contributed by atoms with van der Waals surface area (Å²) in [4.78, 5) is 2.34. The highest BCUT2D eigenvalue weighted by Gasteiger charge is 2.14. The van der Waals surface area contributed by atoms with Crippen LogP contribution in [0.15, 0.2) is 121 Å². The number of anilines is 3. The van der Waals surface area contributed by atoms with Gasteiger partial charge in [-0.3, -0.25) is 0 Å². The molecule has 0 aliphatic heterocycles. The van der Waals surface area contributed by atoms with E-state index in [4.69, 9.17) is 0 Å². The number of fused-ring (bicyclic) bond motifs is 3. The van der Waals surface area contributed by atoms with E-state index in [1.165, 1.54) is 42.6 Å². The quantitative estimate of drug-likeness (QED) is 0.263. The van der Waals surface area contributed by atoms with Crippen LogP contribution in [0.2, 0.25) is 0 Å². The van der Waals surface area contributed by atoms with Crippen molar-refractivity contribution < 1.29 is 0 Å². The predicted octanol–water partition coefficient (Wildman–Crippen LogP) is 9.50. The highest BCUT2D eigenvalue weighted by Crippen LogP contribution is 2.40. The summed E-state index contributed by atoms with van der Waals surface area (Å²) in [6.07, 6.45) is 0. The molecule has 0 saturated heterocycles. The Bertz CT molecular complexity index is 1540. The summed E-state index contributed by atoms with van der Waals surface area (Å²) < 4.78 is 2.65. The van der Waals surface area contributed by atoms with Gasteiger partial charge < -0.3 is 4.90 Å². The lowest BCUT2D eigenvalue weighted by molar-refractivity contribution is 1.29. The first kappa shape index (κ1) is 19.8. The molecule has 0 radical (unpaired) electrons. The van der Waals surface area contributed by atoms with Crippen molar-refractivity contribution in [1.29, 1.82) is 0 Å². The molecule has 2 heteroatoms. The molecule has 0 fully saturated rings. The minimum atomic E-state index is 1.15. The molecule has 6 aromatic rings. The zero-order valence-corrected chi connectivity index (χ0v) is 19.2. The molecule has 0 saturated carbocycles. The van der Waals surface area contributed by atoms with Crippen molar-refractivity contribution in [1.82, 2.24) is 0 Å². The van der Waals surface area contributed by atoms with E-state index < -0.39 is 0 Å². The van der Waals surface area contributed by atoms with Crippen molar-refractivity contribution in [3.8, 4) is 11.1 Å². The average molecular weight is 442 g/mol. The maximum atomic E-state index is 2.34. The minimum Gasteiger partial charge on any atom is -0.310 e. The standard InChI is InChI=1S/C31H23NS/c1-22-11-13-23(14-12-22)24-15-17-26(18-16-24)32(25-7-3-2-4-8-25)27-19-20-31-29(21-27)28-9-5-6-10-30(28)33-31/h2-21H,1H3. The Hall–Kier alpha value is -3.88. The third-order valence-corrected chi connectivity index (χ3v) is 7.30. The van der Waals surface area contributed by atoms with E-state index in [-0.39, 0.29) is 0 Å². The molecular weight excluding hydrogens is 418 g/mol. The van der Waals surface area contributed by atoms with Crippen LogP contribution in [0.4, 0.5) is 17.1 Å². The van der Waals surface area contributed by atoms with E-state index in [1.807, 2.05) is 11.3 Å². The minimum absolute atomic E-state index is 1.15. The Morgan fingerprint density at radius 2 is 1.06 bits per heavy atom. The van der Waals surface area contributed by atoms with Crippen LogP contribution >= 0.6 is 11.3 Å². The molecule has 0 amide bonds. The lowest BCUT2D eigenvalue weighted by atomic mass is 10.0. The Morgan fingerprint density at radius 3 is 1.82 bits per heavy atom. The van der Waals surface area contributed by atoms with Crippen molar-refractivity contribution in [2.24, 2.45) is 0 Å². The first-order valence-electron chi connectivity index (χ1n) is 11.2. The molecule has 0 N–H and O–H groups in total. The fourth-order valence-electron chi connectivity index (χ4n) is 4.43.